The summed E-state index contributed by atoms with van der Waals surface area (Å²) in [6, 6.07) is 20.1. The fourth-order valence-corrected chi connectivity index (χ4v) is 6.15. The predicted molar refractivity (Wildman–Crippen MR) is 155 cm³/mol. The second-order valence-electron chi connectivity index (χ2n) is 8.69. The van der Waals surface area contributed by atoms with Gasteiger partial charge in [-0.15, -0.1) is 22.7 Å². The Morgan fingerprint density at radius 3 is 2.33 bits per heavy atom. The minimum atomic E-state index is -0.759. The first-order valence-electron chi connectivity index (χ1n) is 12.1. The van der Waals surface area contributed by atoms with Crippen molar-refractivity contribution in [1.29, 1.82) is 0 Å². The zero-order chi connectivity index (χ0) is 28.2. The second kappa shape index (κ2) is 12.0. The lowest BCUT2D eigenvalue weighted by Crippen LogP contribution is -2.24. The third-order valence-corrected chi connectivity index (χ3v) is 8.41. The number of hydrogen-bond acceptors (Lipinski definition) is 6. The Hall–Kier alpha value is -3.99. The highest BCUT2D eigenvalue weighted by atomic mass is 35.5. The van der Waals surface area contributed by atoms with Gasteiger partial charge in [0.25, 0.3) is 5.91 Å². The van der Waals surface area contributed by atoms with Crippen molar-refractivity contribution < 1.29 is 18.4 Å². The summed E-state index contributed by atoms with van der Waals surface area (Å²) in [5, 5.41) is 6.56. The highest BCUT2D eigenvalue weighted by molar-refractivity contribution is 7.18. The van der Waals surface area contributed by atoms with Gasteiger partial charge in [0, 0.05) is 22.0 Å². The number of anilines is 1. The Morgan fingerprint density at radius 2 is 1.60 bits per heavy atom. The minimum Gasteiger partial charge on any atom is -0.352 e. The lowest BCUT2D eigenvalue weighted by atomic mass is 10.1. The molecule has 5 aromatic rings. The van der Waals surface area contributed by atoms with Crippen LogP contribution in [-0.2, 0) is 17.8 Å². The van der Waals surface area contributed by atoms with Crippen LogP contribution in [0.25, 0.3) is 21.8 Å². The maximum Gasteiger partial charge on any atom is 0.269 e. The number of nitrogens with zero attached hydrogens (tertiary/aromatic N) is 2. The number of aryl methyl sites for hydroxylation is 1. The molecule has 0 aliphatic heterocycles. The highest BCUT2D eigenvalue weighted by Crippen LogP contribution is 2.34. The van der Waals surface area contributed by atoms with Gasteiger partial charge in [0.15, 0.2) is 5.13 Å². The Morgan fingerprint density at radius 1 is 0.900 bits per heavy atom. The smallest absolute Gasteiger partial charge is 0.269 e. The number of carbonyl (C=O) groups excluding carboxylic acids is 2. The van der Waals surface area contributed by atoms with Crippen LogP contribution in [0.4, 0.5) is 13.9 Å². The number of halogens is 3. The molecular formula is C29H21ClF2N4O2S2. The average molecular weight is 595 g/mol. The zero-order valence-electron chi connectivity index (χ0n) is 21.0. The monoisotopic (exact) mass is 594 g/mol. The molecule has 0 atom stereocenters. The number of thiazole rings is 2. The van der Waals surface area contributed by atoms with Crippen molar-refractivity contribution in [2.75, 3.05) is 5.32 Å². The van der Waals surface area contributed by atoms with E-state index in [2.05, 4.69) is 20.6 Å². The number of nitrogens with one attached hydrogen (secondary N) is 2. The summed E-state index contributed by atoms with van der Waals surface area (Å²) >= 11 is 8.27. The number of rotatable bonds is 8. The van der Waals surface area contributed by atoms with Gasteiger partial charge in [0.2, 0.25) is 5.91 Å². The summed E-state index contributed by atoms with van der Waals surface area (Å²) in [5.41, 5.74) is 2.22. The molecule has 0 bridgehead atoms. The van der Waals surface area contributed by atoms with Crippen LogP contribution in [0.2, 0.25) is 5.02 Å². The standard InChI is InChI=1S/C29H21ClF2N4O2S2/c1-16-26(40-28(34-16)24-20(31)12-7-13-21(24)32)27(38)36-29-35-25(17-8-3-2-4-9-17)22(39-29)14-23(37)33-15-18-10-5-6-11-19(18)30/h2-13H,14-15H2,1H3,(H,33,37)(H,35,36,38). The van der Waals surface area contributed by atoms with Gasteiger partial charge in [-0.3, -0.25) is 14.9 Å². The number of benzene rings is 3. The van der Waals surface area contributed by atoms with E-state index in [-0.39, 0.29) is 39.5 Å². The molecule has 2 aromatic heterocycles. The van der Waals surface area contributed by atoms with Crippen molar-refractivity contribution in [3.05, 3.63) is 110 Å². The van der Waals surface area contributed by atoms with Gasteiger partial charge in [-0.25, -0.2) is 18.7 Å². The Balaban J connectivity index is 1.37. The molecule has 0 aliphatic carbocycles. The number of amides is 2. The van der Waals surface area contributed by atoms with E-state index in [9.17, 15) is 18.4 Å². The molecule has 0 spiro atoms. The average Bonchev–Trinajstić information content (AvgIpc) is 3.51. The Kier molecular flexibility index (Phi) is 8.29. The van der Waals surface area contributed by atoms with Crippen LogP contribution < -0.4 is 10.6 Å². The molecule has 0 aliphatic rings. The van der Waals surface area contributed by atoms with E-state index in [1.807, 2.05) is 48.5 Å². The van der Waals surface area contributed by atoms with Gasteiger partial charge in [-0.2, -0.15) is 0 Å². The first-order valence-corrected chi connectivity index (χ1v) is 14.1. The van der Waals surface area contributed by atoms with Crippen molar-refractivity contribution in [1.82, 2.24) is 15.3 Å². The van der Waals surface area contributed by atoms with Crippen LogP contribution in [0.15, 0.2) is 72.8 Å². The molecule has 2 amide bonds. The molecule has 0 fully saturated rings. The molecule has 202 valence electrons. The molecule has 2 heterocycles. The van der Waals surface area contributed by atoms with Crippen LogP contribution in [0, 0.1) is 18.6 Å². The molecule has 2 N–H and O–H groups in total. The minimum absolute atomic E-state index is 0.0402. The van der Waals surface area contributed by atoms with Crippen LogP contribution in [0.1, 0.15) is 25.8 Å². The van der Waals surface area contributed by atoms with Crippen LogP contribution in [0.3, 0.4) is 0 Å². The van der Waals surface area contributed by atoms with Crippen LogP contribution in [-0.4, -0.2) is 21.8 Å². The summed E-state index contributed by atoms with van der Waals surface area (Å²) in [6.07, 6.45) is 0.0402. The molecule has 3 aromatic carbocycles. The number of carbonyl (C=O) groups is 2. The van der Waals surface area contributed by atoms with E-state index >= 15 is 0 Å². The van der Waals surface area contributed by atoms with Gasteiger partial charge >= 0.3 is 0 Å². The third kappa shape index (κ3) is 6.09. The first-order chi connectivity index (χ1) is 19.3. The summed E-state index contributed by atoms with van der Waals surface area (Å²) in [6.45, 7) is 1.87. The summed E-state index contributed by atoms with van der Waals surface area (Å²) in [4.78, 5) is 35.7. The van der Waals surface area contributed by atoms with Crippen molar-refractivity contribution in [2.24, 2.45) is 0 Å². The predicted octanol–water partition coefficient (Wildman–Crippen LogP) is 7.28. The molecule has 11 heteroatoms. The van der Waals surface area contributed by atoms with Crippen molar-refractivity contribution in [3.8, 4) is 21.8 Å². The fourth-order valence-electron chi connectivity index (χ4n) is 3.96. The molecular weight excluding hydrogens is 574 g/mol. The molecule has 40 heavy (non-hydrogen) atoms. The van der Waals surface area contributed by atoms with Crippen molar-refractivity contribution in [2.45, 2.75) is 19.9 Å². The van der Waals surface area contributed by atoms with E-state index in [1.165, 1.54) is 17.4 Å². The fraction of sp³-hybridized carbons (Fsp3) is 0.103. The van der Waals surface area contributed by atoms with E-state index in [0.717, 1.165) is 34.6 Å². The summed E-state index contributed by atoms with van der Waals surface area (Å²) in [5.74, 6) is -2.26. The van der Waals surface area contributed by atoms with Crippen LogP contribution >= 0.6 is 34.3 Å². The van der Waals surface area contributed by atoms with Crippen LogP contribution in [0.5, 0.6) is 0 Å². The lowest BCUT2D eigenvalue weighted by Gasteiger charge is -2.07. The Bertz CT molecular complexity index is 1690. The lowest BCUT2D eigenvalue weighted by molar-refractivity contribution is -0.120. The maximum atomic E-state index is 14.3. The van der Waals surface area contributed by atoms with Crippen molar-refractivity contribution >= 4 is 51.2 Å². The molecule has 6 nitrogen and oxygen atoms in total. The normalized spacial score (nSPS) is 10.9. The maximum absolute atomic E-state index is 14.3. The van der Waals surface area contributed by atoms with Gasteiger partial charge in [-0.05, 0) is 30.7 Å². The molecule has 0 unspecified atom stereocenters. The van der Waals surface area contributed by atoms with Gasteiger partial charge < -0.3 is 5.32 Å². The molecule has 5 rings (SSSR count). The summed E-state index contributed by atoms with van der Waals surface area (Å²) < 4.78 is 28.6. The van der Waals surface area contributed by atoms with Crippen molar-refractivity contribution in [3.63, 3.8) is 0 Å². The van der Waals surface area contributed by atoms with E-state index in [4.69, 9.17) is 11.6 Å². The van der Waals surface area contributed by atoms with E-state index in [0.29, 0.717) is 21.3 Å². The highest BCUT2D eigenvalue weighted by Gasteiger charge is 2.23. The number of hydrogen-bond donors (Lipinski definition) is 2. The van der Waals surface area contributed by atoms with Gasteiger partial charge in [0.05, 0.1) is 23.4 Å². The first kappa shape index (κ1) is 27.6. The molecule has 0 saturated heterocycles. The quantitative estimate of drug-likeness (QED) is 0.198. The second-order valence-corrected chi connectivity index (χ2v) is 11.2. The van der Waals surface area contributed by atoms with E-state index < -0.39 is 17.5 Å². The SMILES string of the molecule is Cc1nc(-c2c(F)cccc2F)sc1C(=O)Nc1nc(-c2ccccc2)c(CC(=O)NCc2ccccc2Cl)s1. The summed E-state index contributed by atoms with van der Waals surface area (Å²) in [7, 11) is 0. The van der Waals surface area contributed by atoms with E-state index in [1.54, 1.807) is 13.0 Å². The Labute approximate surface area is 241 Å². The van der Waals surface area contributed by atoms with Gasteiger partial charge in [0.1, 0.15) is 21.5 Å². The number of aromatic nitrogens is 2. The zero-order valence-corrected chi connectivity index (χ0v) is 23.4. The van der Waals surface area contributed by atoms with Gasteiger partial charge in [-0.1, -0.05) is 66.2 Å². The third-order valence-electron chi connectivity index (χ3n) is 5.90. The molecule has 0 saturated carbocycles. The molecule has 0 radical (unpaired) electrons. The topological polar surface area (TPSA) is 84.0 Å². The largest absolute Gasteiger partial charge is 0.352 e.